The van der Waals surface area contributed by atoms with E-state index in [0.717, 1.165) is 86.1 Å². The average molecular weight is 842 g/mol. The summed E-state index contributed by atoms with van der Waals surface area (Å²) >= 11 is 0. The van der Waals surface area contributed by atoms with E-state index in [0.29, 0.717) is 37.4 Å². The van der Waals surface area contributed by atoms with Crippen molar-refractivity contribution in [1.29, 1.82) is 0 Å². The first-order chi connectivity index (χ1) is 29.2. The summed E-state index contributed by atoms with van der Waals surface area (Å²) in [5.41, 5.74) is 12.4. The van der Waals surface area contributed by atoms with Crippen LogP contribution in [0.1, 0.15) is 50.9 Å². The van der Waals surface area contributed by atoms with Gasteiger partial charge in [0.05, 0.1) is 6.07 Å². The molecule has 1 aliphatic carbocycles. The first-order valence-corrected chi connectivity index (χ1v) is 22.9. The molecule has 3 aliphatic rings. The number of benzene rings is 5. The third-order valence-corrected chi connectivity index (χ3v) is 13.5. The van der Waals surface area contributed by atoms with Crippen molar-refractivity contribution in [2.75, 3.05) is 68.3 Å². The number of nitrogen functional groups attached to an aromatic ring is 1. The summed E-state index contributed by atoms with van der Waals surface area (Å²) in [6.07, 6.45) is 0.174. The maximum Gasteiger partial charge on any atom is 0.254 e. The van der Waals surface area contributed by atoms with Crippen LogP contribution in [0.4, 0.5) is 17.1 Å². The summed E-state index contributed by atoms with van der Waals surface area (Å²) < 4.78 is 8.99. The van der Waals surface area contributed by atoms with Crippen LogP contribution in [0.5, 0.6) is 0 Å². The molecule has 4 aromatic rings. The average Bonchev–Trinajstić information content (AvgIpc) is 3.28. The molecule has 1 fully saturated rings. The van der Waals surface area contributed by atoms with Crippen molar-refractivity contribution in [3.05, 3.63) is 120 Å². The fourth-order valence-corrected chi connectivity index (χ4v) is 9.69. The number of rotatable bonds is 14. The Balaban J connectivity index is 1.02. The van der Waals surface area contributed by atoms with Gasteiger partial charge >= 0.3 is 0 Å². The second-order valence-corrected chi connectivity index (χ2v) is 17.0. The van der Waals surface area contributed by atoms with Gasteiger partial charge < -0.3 is 30.2 Å². The normalized spacial score (nSPS) is 12.8. The SMILES string of the molecule is CCN(CC)c1ccc2c(-c3ccccc3C(=O)N3CCN(C(=O)CCC(=O)Nc4ccc(SSc5ccc(N)cc5)cc4)CC3)c3ccc(=[N+](CC)CC)cc-3oc2c1. The van der Waals surface area contributed by atoms with E-state index < -0.39 is 0 Å². The Kier molecular flexibility index (Phi) is 13.8. The van der Waals surface area contributed by atoms with Gasteiger partial charge in [0.25, 0.3) is 5.91 Å². The highest BCUT2D eigenvalue weighted by atomic mass is 33.1. The molecule has 2 aliphatic heterocycles. The lowest BCUT2D eigenvalue weighted by Crippen LogP contribution is -2.50. The summed E-state index contributed by atoms with van der Waals surface area (Å²) in [5.74, 6) is 0.377. The van der Waals surface area contributed by atoms with E-state index >= 15 is 0 Å². The first-order valence-electron chi connectivity index (χ1n) is 20.8. The quantitative estimate of drug-likeness (QED) is 0.0484. The van der Waals surface area contributed by atoms with Gasteiger partial charge in [-0.05, 0) is 106 Å². The Morgan fingerprint density at radius 2 is 1.38 bits per heavy atom. The van der Waals surface area contributed by atoms with Gasteiger partial charge in [-0.25, -0.2) is 4.58 Å². The van der Waals surface area contributed by atoms with E-state index in [9.17, 15) is 14.4 Å². The molecular formula is C48H53N6O4S2+. The van der Waals surface area contributed by atoms with E-state index in [4.69, 9.17) is 10.2 Å². The number of piperazine rings is 1. The third kappa shape index (κ3) is 9.66. The molecule has 3 amide bonds. The minimum absolute atomic E-state index is 0.0763. The topological polar surface area (TPSA) is 115 Å². The van der Waals surface area contributed by atoms with Gasteiger partial charge in [-0.1, -0.05) is 39.8 Å². The molecule has 7 rings (SSSR count). The molecule has 0 atom stereocenters. The van der Waals surface area contributed by atoms with E-state index in [-0.39, 0.29) is 30.6 Å². The minimum atomic E-state index is -0.215. The summed E-state index contributed by atoms with van der Waals surface area (Å²) in [4.78, 5) is 48.6. The molecule has 60 heavy (non-hydrogen) atoms. The molecule has 0 radical (unpaired) electrons. The lowest BCUT2D eigenvalue weighted by Gasteiger charge is -2.35. The van der Waals surface area contributed by atoms with Crippen molar-refractivity contribution in [2.45, 2.75) is 50.3 Å². The van der Waals surface area contributed by atoms with Gasteiger partial charge in [0, 0.05) is 113 Å². The predicted octanol–water partition coefficient (Wildman–Crippen LogP) is 8.95. The zero-order chi connectivity index (χ0) is 42.2. The fourth-order valence-electron chi connectivity index (χ4n) is 7.76. The zero-order valence-corrected chi connectivity index (χ0v) is 36.4. The number of carbonyl (C=O) groups is 3. The standard InChI is InChI=1S/C48H52N6O4S2/c1-5-51(6-2)35-17-23-41-43(31-35)58-44-32-36(52(7-3)8-4)18-24-42(44)47(41)39-11-9-10-12-40(39)48(57)54-29-27-53(28-30-54)46(56)26-25-45(55)50-34-15-21-38(22-16-34)60-59-37-19-13-33(49)14-20-37/h9-24,31-32H,5-8,25-30,49H2,1-4H3/p+1. The molecule has 310 valence electrons. The van der Waals surface area contributed by atoms with Crippen LogP contribution < -0.4 is 25.9 Å². The molecule has 0 bridgehead atoms. The predicted molar refractivity (Wildman–Crippen MR) is 248 cm³/mol. The van der Waals surface area contributed by atoms with Gasteiger partial charge in [-0.15, -0.1) is 0 Å². The van der Waals surface area contributed by atoms with Crippen LogP contribution in [0.15, 0.2) is 123 Å². The number of carbonyl (C=O) groups excluding carboxylic acids is 3. The van der Waals surface area contributed by atoms with Gasteiger partial charge in [-0.2, -0.15) is 0 Å². The molecule has 0 spiro atoms. The van der Waals surface area contributed by atoms with Gasteiger partial charge in [0.15, 0.2) is 0 Å². The second-order valence-electron chi connectivity index (χ2n) is 14.7. The Labute approximate surface area is 360 Å². The van der Waals surface area contributed by atoms with Crippen molar-refractivity contribution in [3.63, 3.8) is 0 Å². The van der Waals surface area contributed by atoms with Crippen molar-refractivity contribution < 1.29 is 18.8 Å². The smallest absolute Gasteiger partial charge is 0.254 e. The first kappa shape index (κ1) is 42.4. The maximum atomic E-state index is 14.4. The van der Waals surface area contributed by atoms with Crippen LogP contribution >= 0.6 is 21.6 Å². The number of fused-ring (bicyclic) bond motifs is 2. The zero-order valence-electron chi connectivity index (χ0n) is 34.8. The van der Waals surface area contributed by atoms with Crippen LogP contribution in [0.2, 0.25) is 0 Å². The Morgan fingerprint density at radius 1 is 0.733 bits per heavy atom. The molecule has 4 aromatic carbocycles. The lowest BCUT2D eigenvalue weighted by atomic mass is 9.90. The molecule has 0 aromatic heterocycles. The summed E-state index contributed by atoms with van der Waals surface area (Å²) in [6, 6.07) is 35.9. The van der Waals surface area contributed by atoms with Crippen LogP contribution in [-0.2, 0) is 9.59 Å². The second kappa shape index (κ2) is 19.6. The fraction of sp³-hybridized carbons (Fsp3) is 0.292. The number of anilines is 3. The highest BCUT2D eigenvalue weighted by molar-refractivity contribution is 8.76. The monoisotopic (exact) mass is 841 g/mol. The molecule has 10 nitrogen and oxygen atoms in total. The number of nitrogens with two attached hydrogens (primary N) is 1. The van der Waals surface area contributed by atoms with Gasteiger partial charge in [-0.3, -0.25) is 14.4 Å². The van der Waals surface area contributed by atoms with Gasteiger partial charge in [0.2, 0.25) is 17.2 Å². The number of hydrogen-bond donors (Lipinski definition) is 2. The summed E-state index contributed by atoms with van der Waals surface area (Å²) in [7, 11) is 3.26. The molecule has 1 saturated heterocycles. The number of hydrogen-bond acceptors (Lipinski definition) is 8. The van der Waals surface area contributed by atoms with Crippen molar-refractivity contribution in [3.8, 4) is 22.5 Å². The molecular weight excluding hydrogens is 789 g/mol. The summed E-state index contributed by atoms with van der Waals surface area (Å²) in [6.45, 7) is 13.7. The third-order valence-electron chi connectivity index (χ3n) is 11.1. The van der Waals surface area contributed by atoms with Gasteiger partial charge in [0.1, 0.15) is 24.4 Å². The molecule has 0 saturated carbocycles. The molecule has 12 heteroatoms. The minimum Gasteiger partial charge on any atom is -0.456 e. The Morgan fingerprint density at radius 3 is 2.05 bits per heavy atom. The highest BCUT2D eigenvalue weighted by Crippen LogP contribution is 2.42. The number of amides is 3. The van der Waals surface area contributed by atoms with E-state index in [1.807, 2.05) is 77.7 Å². The van der Waals surface area contributed by atoms with Crippen LogP contribution in [-0.4, -0.2) is 79.9 Å². The maximum absolute atomic E-state index is 14.4. The Bertz CT molecular complexity index is 2500. The number of nitrogens with zero attached hydrogens (tertiary/aromatic N) is 4. The lowest BCUT2D eigenvalue weighted by molar-refractivity contribution is -0.134. The van der Waals surface area contributed by atoms with Crippen LogP contribution in [0.3, 0.4) is 0 Å². The van der Waals surface area contributed by atoms with Crippen LogP contribution in [0.25, 0.3) is 33.4 Å². The molecule has 3 N–H and O–H groups in total. The molecule has 0 unspecified atom stereocenters. The largest absolute Gasteiger partial charge is 0.456 e. The Hall–Kier alpha value is -5.72. The van der Waals surface area contributed by atoms with Crippen molar-refractivity contribution in [2.24, 2.45) is 0 Å². The van der Waals surface area contributed by atoms with Crippen LogP contribution in [0, 0.1) is 0 Å². The highest BCUT2D eigenvalue weighted by Gasteiger charge is 2.28. The van der Waals surface area contributed by atoms with E-state index in [1.165, 1.54) is 0 Å². The molecule has 2 heterocycles. The summed E-state index contributed by atoms with van der Waals surface area (Å²) in [5, 5.41) is 4.94. The van der Waals surface area contributed by atoms with Crippen molar-refractivity contribution in [1.82, 2.24) is 14.4 Å². The van der Waals surface area contributed by atoms with E-state index in [2.05, 4.69) is 78.9 Å². The number of nitrogens with one attached hydrogen (secondary N) is 1. The van der Waals surface area contributed by atoms with E-state index in [1.54, 1.807) is 26.5 Å². The van der Waals surface area contributed by atoms with Crippen molar-refractivity contribution >= 4 is 67.3 Å².